The van der Waals surface area contributed by atoms with E-state index in [2.05, 4.69) is 11.1 Å². The third-order valence-corrected chi connectivity index (χ3v) is 12.4. The number of alkyl halides is 6. The molecule has 4 heterocycles. The van der Waals surface area contributed by atoms with Crippen molar-refractivity contribution >= 4 is 29.1 Å². The summed E-state index contributed by atoms with van der Waals surface area (Å²) in [4.78, 5) is 46.1. The number of likely N-dealkylation sites (tertiary alicyclic amines) is 2. The smallest absolute Gasteiger partial charge is 0.425 e. The van der Waals surface area contributed by atoms with E-state index in [0.717, 1.165) is 28.7 Å². The van der Waals surface area contributed by atoms with Crippen LogP contribution in [-0.2, 0) is 27.4 Å². The Morgan fingerprint density at radius 2 is 1.74 bits per heavy atom. The molecule has 10 nitrogen and oxygen atoms in total. The fourth-order valence-corrected chi connectivity index (χ4v) is 8.88. The lowest BCUT2D eigenvalue weighted by Crippen LogP contribution is -2.68. The van der Waals surface area contributed by atoms with E-state index in [4.69, 9.17) is 9.47 Å². The van der Waals surface area contributed by atoms with Gasteiger partial charge in [-0.05, 0) is 63.5 Å². The van der Waals surface area contributed by atoms with E-state index in [0.29, 0.717) is 60.8 Å². The Kier molecular flexibility index (Phi) is 11.9. The van der Waals surface area contributed by atoms with E-state index < -0.39 is 68.6 Å². The number of para-hydroxylation sites is 1. The summed E-state index contributed by atoms with van der Waals surface area (Å²) in [6, 6.07) is 9.71. The number of amides is 2. The van der Waals surface area contributed by atoms with Gasteiger partial charge >= 0.3 is 18.3 Å². The quantitative estimate of drug-likeness (QED) is 0.134. The van der Waals surface area contributed by atoms with Gasteiger partial charge in [0.05, 0.1) is 40.7 Å². The number of carboxylic acids is 1. The van der Waals surface area contributed by atoms with Crippen LogP contribution in [0.25, 0.3) is 0 Å². The van der Waals surface area contributed by atoms with Crippen LogP contribution in [0, 0.1) is 16.7 Å². The predicted molar refractivity (Wildman–Crippen MR) is 194 cm³/mol. The molecule has 0 unspecified atom stereocenters. The number of benzene rings is 1. The minimum atomic E-state index is -4.90. The largest absolute Gasteiger partial charge is 0.493 e. The number of thiophene rings is 1. The van der Waals surface area contributed by atoms with E-state index in [-0.39, 0.29) is 64.1 Å². The van der Waals surface area contributed by atoms with Crippen LogP contribution in [0.1, 0.15) is 97.5 Å². The Morgan fingerprint density at radius 1 is 1.02 bits per heavy atom. The summed E-state index contributed by atoms with van der Waals surface area (Å²) >= 11 is 0.366. The van der Waals surface area contributed by atoms with Crippen LogP contribution < -0.4 is 9.47 Å². The Labute approximate surface area is 329 Å². The number of hydrogen-bond acceptors (Lipinski definition) is 8. The molecular formula is C40H42F6N4O6S. The zero-order valence-corrected chi connectivity index (χ0v) is 31.9. The lowest BCUT2D eigenvalue weighted by molar-refractivity contribution is -0.160. The van der Waals surface area contributed by atoms with Gasteiger partial charge in [0.15, 0.2) is 0 Å². The SMILES string of the molecule is CCC[C@H]1N(C(=O)c2cnccc2C(F)(F)F)CCC[C@@]1(Oc1csc(C(F)(F)F)c1)C(=O)N1CCC(C#N)(c2ccccc2OCCCC2(C(=O)O)CC2)CC1. The maximum absolute atomic E-state index is 15.0. The van der Waals surface area contributed by atoms with Gasteiger partial charge in [0.1, 0.15) is 16.4 Å². The first kappa shape index (κ1) is 41.8. The molecular weight excluding hydrogens is 779 g/mol. The number of piperidine rings is 2. The zero-order valence-electron chi connectivity index (χ0n) is 31.1. The lowest BCUT2D eigenvalue weighted by atomic mass is 9.72. The van der Waals surface area contributed by atoms with Crippen molar-refractivity contribution in [1.82, 2.24) is 14.8 Å². The molecule has 3 aliphatic rings. The summed E-state index contributed by atoms with van der Waals surface area (Å²) < 4.78 is 95.9. The maximum Gasteiger partial charge on any atom is 0.425 e. The Hall–Kier alpha value is -4.85. The highest BCUT2D eigenvalue weighted by molar-refractivity contribution is 7.10. The van der Waals surface area contributed by atoms with Gasteiger partial charge in [-0.3, -0.25) is 19.4 Å². The number of aromatic nitrogens is 1. The first-order valence-electron chi connectivity index (χ1n) is 18.8. The number of ether oxygens (including phenoxy) is 2. The highest BCUT2D eigenvalue weighted by Gasteiger charge is 2.57. The Morgan fingerprint density at radius 3 is 2.35 bits per heavy atom. The topological polar surface area (TPSA) is 133 Å². The van der Waals surface area contributed by atoms with Gasteiger partial charge < -0.3 is 24.4 Å². The second-order valence-corrected chi connectivity index (χ2v) is 15.9. The third kappa shape index (κ3) is 8.42. The Balaban J connectivity index is 1.29. The van der Waals surface area contributed by atoms with Crippen molar-refractivity contribution in [3.8, 4) is 17.6 Å². The van der Waals surface area contributed by atoms with Crippen LogP contribution in [0.4, 0.5) is 26.3 Å². The van der Waals surface area contributed by atoms with Crippen molar-refractivity contribution in [2.75, 3.05) is 26.2 Å². The van der Waals surface area contributed by atoms with Crippen LogP contribution in [0.2, 0.25) is 0 Å². The number of hydrogen-bond donors (Lipinski definition) is 1. The number of aliphatic carboxylic acids is 1. The second-order valence-electron chi connectivity index (χ2n) is 15.0. The van der Waals surface area contributed by atoms with Gasteiger partial charge in [0, 0.05) is 55.5 Å². The van der Waals surface area contributed by atoms with E-state index in [1.807, 2.05) is 0 Å². The first-order chi connectivity index (χ1) is 27.0. The fraction of sp³-hybridized carbons (Fsp3) is 0.525. The molecule has 2 amide bonds. The molecule has 1 aromatic carbocycles. The Bertz CT molecular complexity index is 2000. The lowest BCUT2D eigenvalue weighted by Gasteiger charge is -2.51. The zero-order chi connectivity index (χ0) is 41.2. The summed E-state index contributed by atoms with van der Waals surface area (Å²) in [5.74, 6) is -2.32. The molecule has 1 saturated carbocycles. The van der Waals surface area contributed by atoms with Crippen LogP contribution in [0.15, 0.2) is 54.2 Å². The molecule has 2 atom stereocenters. The van der Waals surface area contributed by atoms with Crippen molar-refractivity contribution in [1.29, 1.82) is 5.26 Å². The minimum Gasteiger partial charge on any atom is -0.493 e. The highest BCUT2D eigenvalue weighted by atomic mass is 32.1. The van der Waals surface area contributed by atoms with Crippen molar-refractivity contribution in [3.05, 3.63) is 75.7 Å². The number of rotatable bonds is 13. The van der Waals surface area contributed by atoms with Crippen molar-refractivity contribution in [3.63, 3.8) is 0 Å². The number of carbonyl (C=O) groups is 3. The van der Waals surface area contributed by atoms with Crippen LogP contribution in [0.5, 0.6) is 11.5 Å². The van der Waals surface area contributed by atoms with Gasteiger partial charge in [-0.2, -0.15) is 31.6 Å². The van der Waals surface area contributed by atoms with Crippen molar-refractivity contribution in [2.45, 2.75) is 101 Å². The number of carboxylic acid groups (broad SMARTS) is 1. The molecule has 2 saturated heterocycles. The number of nitriles is 1. The minimum absolute atomic E-state index is 0.0119. The third-order valence-electron chi connectivity index (χ3n) is 11.4. The molecule has 306 valence electrons. The molecule has 2 aliphatic heterocycles. The standard InChI is InChI=1S/C40H42F6N4O6S/c1-2-7-31-38(56-26-22-32(57-24-26)40(44,45)46,12-5-18-50(31)33(51)27-23-48-17-10-28(27)39(41,42)43)34(52)49-19-15-37(25-47,16-20-49)29-8-3-4-9-30(29)55-21-6-11-36(13-14-36)35(53)54/h3-4,8-10,17,22-24,31H,2,5-7,11-16,18-21H2,1H3,(H,53,54)/t31-,38+/m1/s1. The summed E-state index contributed by atoms with van der Waals surface area (Å²) in [7, 11) is 0. The fourth-order valence-electron chi connectivity index (χ4n) is 8.20. The molecule has 1 aliphatic carbocycles. The molecule has 6 rings (SSSR count). The number of nitrogens with zero attached hydrogens (tertiary/aromatic N) is 4. The van der Waals surface area contributed by atoms with Gasteiger partial charge in [0.2, 0.25) is 5.60 Å². The van der Waals surface area contributed by atoms with Gasteiger partial charge in [-0.15, -0.1) is 11.3 Å². The summed E-state index contributed by atoms with van der Waals surface area (Å²) in [5.41, 5.74) is -5.15. The first-order valence-corrected chi connectivity index (χ1v) is 19.7. The van der Waals surface area contributed by atoms with Crippen LogP contribution in [-0.4, -0.2) is 75.6 Å². The van der Waals surface area contributed by atoms with Crippen LogP contribution in [0.3, 0.4) is 0 Å². The summed E-state index contributed by atoms with van der Waals surface area (Å²) in [5, 5.41) is 21.3. The van der Waals surface area contributed by atoms with Crippen molar-refractivity contribution < 1.29 is 55.3 Å². The molecule has 3 fully saturated rings. The normalized spacial score (nSPS) is 21.7. The molecule has 17 heteroatoms. The van der Waals surface area contributed by atoms with Crippen LogP contribution >= 0.6 is 11.3 Å². The van der Waals surface area contributed by atoms with E-state index in [1.54, 1.807) is 31.2 Å². The maximum atomic E-state index is 15.0. The summed E-state index contributed by atoms with van der Waals surface area (Å²) in [6.07, 6.45) is -4.95. The molecule has 2 aromatic heterocycles. The number of carbonyl (C=O) groups excluding carboxylic acids is 2. The molecule has 0 spiro atoms. The predicted octanol–water partition coefficient (Wildman–Crippen LogP) is 8.51. The second kappa shape index (κ2) is 16.2. The monoisotopic (exact) mass is 820 g/mol. The van der Waals surface area contributed by atoms with E-state index >= 15 is 4.79 Å². The van der Waals surface area contributed by atoms with Gasteiger partial charge in [0.25, 0.3) is 11.8 Å². The number of pyridine rings is 1. The molecule has 0 radical (unpaired) electrons. The van der Waals surface area contributed by atoms with E-state index in [1.165, 1.54) is 4.90 Å². The van der Waals surface area contributed by atoms with Gasteiger partial charge in [-0.25, -0.2) is 0 Å². The summed E-state index contributed by atoms with van der Waals surface area (Å²) in [6.45, 7) is 1.96. The van der Waals surface area contributed by atoms with E-state index in [9.17, 15) is 46.3 Å². The molecule has 1 N–H and O–H groups in total. The average molecular weight is 821 g/mol. The van der Waals surface area contributed by atoms with Crippen molar-refractivity contribution in [2.24, 2.45) is 5.41 Å². The van der Waals surface area contributed by atoms with Gasteiger partial charge in [-0.1, -0.05) is 31.5 Å². The highest BCUT2D eigenvalue weighted by Crippen LogP contribution is 2.50. The molecule has 3 aromatic rings. The molecule has 0 bridgehead atoms. The number of halogens is 6. The average Bonchev–Trinajstić information content (AvgIpc) is 3.84. The molecule has 57 heavy (non-hydrogen) atoms.